The first-order valence-corrected chi connectivity index (χ1v) is 9.11. The molecule has 3 nitrogen and oxygen atoms in total. The molecule has 1 aliphatic heterocycles. The van der Waals surface area contributed by atoms with Crippen molar-refractivity contribution in [2.75, 3.05) is 12.9 Å². The van der Waals surface area contributed by atoms with Crippen molar-refractivity contribution in [2.45, 2.75) is 44.5 Å². The van der Waals surface area contributed by atoms with Crippen LogP contribution in [0.5, 0.6) is 0 Å². The van der Waals surface area contributed by atoms with Gasteiger partial charge in [-0.2, -0.15) is 0 Å². The number of thiol groups is 1. The second-order valence-corrected chi connectivity index (χ2v) is 9.59. The van der Waals surface area contributed by atoms with Crippen LogP contribution in [-0.2, 0) is 9.39 Å². The Morgan fingerprint density at radius 2 is 1.83 bits per heavy atom. The third-order valence-electron chi connectivity index (χ3n) is 4.83. The summed E-state index contributed by atoms with van der Waals surface area (Å²) in [4.78, 5) is 11.5. The number of benzene rings is 1. The highest BCUT2D eigenvalue weighted by molar-refractivity contribution is 8.41. The molecule has 0 bridgehead atoms. The van der Waals surface area contributed by atoms with Crippen molar-refractivity contribution >= 4 is 28.4 Å². The van der Waals surface area contributed by atoms with E-state index in [1.165, 1.54) is 7.11 Å². The van der Waals surface area contributed by atoms with Crippen LogP contribution in [0.1, 0.15) is 38.1 Å². The van der Waals surface area contributed by atoms with Crippen LogP contribution >= 0.6 is 10.7 Å². The molecule has 1 aliphatic rings. The summed E-state index contributed by atoms with van der Waals surface area (Å²) in [5, 5.41) is 0. The van der Waals surface area contributed by atoms with Gasteiger partial charge in [-0.25, -0.2) is 24.3 Å². The Kier molecular flexibility index (Phi) is 5.11. The Hall–Kier alpha value is -1.08. The van der Waals surface area contributed by atoms with E-state index >= 15 is 0 Å². The second kappa shape index (κ2) is 6.44. The molecule has 0 N–H and O–H groups in total. The number of halogens is 2. The van der Waals surface area contributed by atoms with Crippen LogP contribution in [0.15, 0.2) is 24.3 Å². The van der Waals surface area contributed by atoms with Crippen molar-refractivity contribution in [2.24, 2.45) is 0 Å². The predicted molar refractivity (Wildman–Crippen MR) is 92.3 cm³/mol. The van der Waals surface area contributed by atoms with Crippen LogP contribution in [0.25, 0.3) is 0 Å². The van der Waals surface area contributed by atoms with E-state index in [9.17, 15) is 13.6 Å². The predicted octanol–water partition coefficient (Wildman–Crippen LogP) is 3.02. The summed E-state index contributed by atoms with van der Waals surface area (Å²) in [7, 11) is 0.250. The first-order chi connectivity index (χ1) is 10.6. The molecule has 0 aliphatic carbocycles. The zero-order valence-electron chi connectivity index (χ0n) is 14.1. The highest BCUT2D eigenvalue weighted by Gasteiger charge is 2.56. The maximum Gasteiger partial charge on any atom is 0.379 e. The minimum absolute atomic E-state index is 0.144. The number of esters is 1. The normalized spacial score (nSPS) is 24.0. The van der Waals surface area contributed by atoms with Crippen LogP contribution in [0.3, 0.4) is 0 Å². The lowest BCUT2D eigenvalue weighted by molar-refractivity contribution is 0.0600. The molecular weight excluding hydrogens is 321 g/mol. The Morgan fingerprint density at radius 1 is 1.26 bits per heavy atom. The number of rotatable bonds is 4. The molecule has 1 heterocycles. The summed E-state index contributed by atoms with van der Waals surface area (Å²) in [5.41, 5.74) is 0.785. The Balaban J connectivity index is 2.34. The fraction of sp³-hybridized carbons (Fsp3) is 0.562. The van der Waals surface area contributed by atoms with Gasteiger partial charge in [0.05, 0.1) is 18.3 Å². The Morgan fingerprint density at radius 3 is 2.30 bits per heavy atom. The maximum atomic E-state index is 13.1. The molecule has 23 heavy (non-hydrogen) atoms. The van der Waals surface area contributed by atoms with Crippen LogP contribution in [0, 0.1) is 0 Å². The van der Waals surface area contributed by atoms with Gasteiger partial charge in [-0.05, 0) is 31.4 Å². The number of carbonyl (C=O) groups excluding carboxylic acids is 1. The summed E-state index contributed by atoms with van der Waals surface area (Å²) in [6.07, 6.45) is -2.70. The summed E-state index contributed by atoms with van der Waals surface area (Å²) in [6.45, 7) is 7.92. The van der Waals surface area contributed by atoms with Gasteiger partial charge in [-0.3, -0.25) is 0 Å². The molecule has 1 atom stereocenters. The van der Waals surface area contributed by atoms with Gasteiger partial charge in [0, 0.05) is 10.5 Å². The highest BCUT2D eigenvalue weighted by atomic mass is 32.2. The average Bonchev–Trinajstić information content (AvgIpc) is 2.66. The molecule has 7 heteroatoms. The zero-order valence-corrected chi connectivity index (χ0v) is 15.0. The molecule has 1 aromatic carbocycles. The van der Waals surface area contributed by atoms with Crippen molar-refractivity contribution in [3.05, 3.63) is 29.8 Å². The van der Waals surface area contributed by atoms with Crippen molar-refractivity contribution in [3.63, 3.8) is 0 Å². The molecule has 1 unspecified atom stereocenters. The van der Waals surface area contributed by atoms with E-state index < -0.39 is 28.7 Å². The third-order valence-corrected chi connectivity index (χ3v) is 8.45. The number of hydrogen-bond donors (Lipinski definition) is 1. The van der Waals surface area contributed by atoms with Crippen LogP contribution in [-0.4, -0.2) is 41.8 Å². The van der Waals surface area contributed by atoms with Crippen LogP contribution in [0.2, 0.25) is 0 Å². The van der Waals surface area contributed by atoms with Crippen LogP contribution in [0.4, 0.5) is 8.78 Å². The van der Waals surface area contributed by atoms with E-state index in [0.29, 0.717) is 5.56 Å². The lowest BCUT2D eigenvalue weighted by atomic mass is 9.83. The SMILES string of the molecule is COC(=O)c1ccc(B2OC(C)(C)C(C)(C)[SH]2CC(F)F)cc1. The van der Waals surface area contributed by atoms with E-state index in [4.69, 9.17) is 4.65 Å². The molecule has 2 rings (SSSR count). The van der Waals surface area contributed by atoms with Gasteiger partial charge in [0.1, 0.15) is 0 Å². The fourth-order valence-electron chi connectivity index (χ4n) is 2.75. The van der Waals surface area contributed by atoms with E-state index in [1.807, 2.05) is 27.7 Å². The molecule has 1 aromatic rings. The van der Waals surface area contributed by atoms with E-state index in [0.717, 1.165) is 5.46 Å². The zero-order chi connectivity index (χ0) is 17.4. The third kappa shape index (κ3) is 3.40. The second-order valence-electron chi connectivity index (χ2n) is 6.70. The highest BCUT2D eigenvalue weighted by Crippen LogP contribution is 2.57. The summed E-state index contributed by atoms with van der Waals surface area (Å²) >= 11 is 0. The smallest absolute Gasteiger partial charge is 0.379 e. The van der Waals surface area contributed by atoms with Gasteiger partial charge >= 0.3 is 12.2 Å². The molecular formula is C16H23BF2O3S. The number of carbonyl (C=O) groups is 1. The minimum atomic E-state index is -2.35. The fourth-order valence-corrected chi connectivity index (χ4v) is 5.95. The Labute approximate surface area is 139 Å². The molecule has 1 fully saturated rings. The standard InChI is InChI=1S/C16H23BF2O3S/c1-15(2)16(3,4)23(10-13(18)19)17(22-15)12-8-6-11(7-9-12)14(20)21-5/h6-9,13,23H,10H2,1-5H3. The first kappa shape index (κ1) is 18.3. The number of hydrogen-bond acceptors (Lipinski definition) is 3. The Bertz CT molecular complexity index is 575. The molecule has 0 amide bonds. The van der Waals surface area contributed by atoms with E-state index in [1.54, 1.807) is 24.3 Å². The van der Waals surface area contributed by atoms with Gasteiger partial charge in [-0.15, -0.1) is 0 Å². The molecule has 0 aromatic heterocycles. The van der Waals surface area contributed by atoms with Crippen molar-refractivity contribution in [1.29, 1.82) is 0 Å². The molecule has 0 saturated carbocycles. The van der Waals surface area contributed by atoms with Gasteiger partial charge in [0.2, 0.25) is 6.43 Å². The summed E-state index contributed by atoms with van der Waals surface area (Å²) in [5.74, 6) is -0.561. The van der Waals surface area contributed by atoms with E-state index in [2.05, 4.69) is 4.74 Å². The van der Waals surface area contributed by atoms with Crippen LogP contribution < -0.4 is 5.46 Å². The summed E-state index contributed by atoms with van der Waals surface area (Å²) < 4.78 is 36.7. The quantitative estimate of drug-likeness (QED) is 0.518. The maximum absolute atomic E-state index is 13.1. The number of ether oxygens (including phenoxy) is 1. The lowest BCUT2D eigenvalue weighted by Crippen LogP contribution is -2.41. The molecule has 0 radical (unpaired) electrons. The monoisotopic (exact) mass is 344 g/mol. The topological polar surface area (TPSA) is 35.5 Å². The van der Waals surface area contributed by atoms with Gasteiger partial charge in [0.15, 0.2) is 0 Å². The largest absolute Gasteiger partial charge is 0.465 e. The summed E-state index contributed by atoms with van der Waals surface area (Å²) in [6, 6.07) is 6.85. The molecule has 128 valence electrons. The van der Waals surface area contributed by atoms with Gasteiger partial charge in [0.25, 0.3) is 0 Å². The average molecular weight is 344 g/mol. The number of alkyl halides is 2. The first-order valence-electron chi connectivity index (χ1n) is 7.51. The van der Waals surface area contributed by atoms with Gasteiger partial charge in [-0.1, -0.05) is 26.0 Å². The van der Waals surface area contributed by atoms with Crippen molar-refractivity contribution < 1.29 is 23.0 Å². The van der Waals surface area contributed by atoms with Crippen molar-refractivity contribution in [3.8, 4) is 0 Å². The van der Waals surface area contributed by atoms with Crippen molar-refractivity contribution in [1.82, 2.24) is 0 Å². The number of methoxy groups -OCH3 is 1. The lowest BCUT2D eigenvalue weighted by Gasteiger charge is -2.39. The minimum Gasteiger partial charge on any atom is -0.465 e. The van der Waals surface area contributed by atoms with E-state index in [-0.39, 0.29) is 16.7 Å². The molecule has 1 saturated heterocycles. The van der Waals surface area contributed by atoms with Gasteiger partial charge < -0.3 is 9.39 Å². The molecule has 0 spiro atoms.